The smallest absolute Gasteiger partial charge is 0.242 e. The van der Waals surface area contributed by atoms with E-state index in [4.69, 9.17) is 4.52 Å². The number of rotatable bonds is 5. The van der Waals surface area contributed by atoms with Crippen LogP contribution in [-0.4, -0.2) is 28.5 Å². The number of benzene rings is 1. The van der Waals surface area contributed by atoms with Crippen LogP contribution in [0.1, 0.15) is 18.4 Å². The van der Waals surface area contributed by atoms with Crippen molar-refractivity contribution in [1.82, 2.24) is 20.1 Å². The van der Waals surface area contributed by atoms with Crippen molar-refractivity contribution in [3.8, 4) is 11.4 Å². The van der Waals surface area contributed by atoms with Crippen LogP contribution in [-0.2, 0) is 22.0 Å². The Bertz CT molecular complexity index is 852. The van der Waals surface area contributed by atoms with Crippen molar-refractivity contribution in [2.75, 3.05) is 0 Å². The molecule has 3 aromatic rings. The fourth-order valence-corrected chi connectivity index (χ4v) is 3.02. The van der Waals surface area contributed by atoms with Crippen LogP contribution in [0.2, 0.25) is 0 Å². The van der Waals surface area contributed by atoms with E-state index < -0.39 is 9.84 Å². The van der Waals surface area contributed by atoms with Crippen LogP contribution >= 0.6 is 0 Å². The molecule has 0 saturated carbocycles. The lowest BCUT2D eigenvalue weighted by Crippen LogP contribution is -2.07. The monoisotopic (exact) mass is 318 g/mol. The molecule has 0 fully saturated rings. The number of sulfone groups is 1. The zero-order valence-electron chi connectivity index (χ0n) is 11.9. The molecule has 114 valence electrons. The van der Waals surface area contributed by atoms with E-state index in [0.29, 0.717) is 5.82 Å². The van der Waals surface area contributed by atoms with Crippen LogP contribution in [0.15, 0.2) is 46.3 Å². The molecule has 0 radical (unpaired) electrons. The largest absolute Gasteiger partial charge is 0.338 e. The first kappa shape index (κ1) is 14.5. The molecule has 0 unspecified atom stereocenters. The SMILES string of the molecule is CCc1ccc(-c2noc(CS(=O)(=O)c3ncc[nH]3)n2)cc1. The number of imidazole rings is 1. The summed E-state index contributed by atoms with van der Waals surface area (Å²) >= 11 is 0. The quantitative estimate of drug-likeness (QED) is 0.772. The van der Waals surface area contributed by atoms with Gasteiger partial charge in [-0.15, -0.1) is 0 Å². The number of aromatic amines is 1. The maximum atomic E-state index is 12.1. The molecular formula is C14H14N4O3S. The minimum absolute atomic E-state index is 0.0333. The van der Waals surface area contributed by atoms with E-state index >= 15 is 0 Å². The normalized spacial score (nSPS) is 11.7. The van der Waals surface area contributed by atoms with Gasteiger partial charge in [0.25, 0.3) is 0 Å². The van der Waals surface area contributed by atoms with Crippen LogP contribution in [0.3, 0.4) is 0 Å². The van der Waals surface area contributed by atoms with E-state index in [9.17, 15) is 8.42 Å². The van der Waals surface area contributed by atoms with Gasteiger partial charge in [-0.2, -0.15) is 4.98 Å². The highest BCUT2D eigenvalue weighted by atomic mass is 32.2. The van der Waals surface area contributed by atoms with E-state index in [1.54, 1.807) is 0 Å². The van der Waals surface area contributed by atoms with Gasteiger partial charge in [-0.05, 0) is 12.0 Å². The molecule has 1 aromatic carbocycles. The van der Waals surface area contributed by atoms with Gasteiger partial charge in [0.05, 0.1) is 0 Å². The third-order valence-electron chi connectivity index (χ3n) is 3.17. The highest BCUT2D eigenvalue weighted by Gasteiger charge is 2.22. The Morgan fingerprint density at radius 1 is 1.23 bits per heavy atom. The second kappa shape index (κ2) is 5.72. The number of aryl methyl sites for hydroxylation is 1. The molecular weight excluding hydrogens is 304 g/mol. The molecule has 0 aliphatic heterocycles. The van der Waals surface area contributed by atoms with Crippen molar-refractivity contribution in [1.29, 1.82) is 0 Å². The summed E-state index contributed by atoms with van der Waals surface area (Å²) in [6.07, 6.45) is 3.77. The fourth-order valence-electron chi connectivity index (χ4n) is 1.97. The highest BCUT2D eigenvalue weighted by molar-refractivity contribution is 7.90. The number of hydrogen-bond acceptors (Lipinski definition) is 6. The summed E-state index contributed by atoms with van der Waals surface area (Å²) < 4.78 is 29.2. The molecule has 1 N–H and O–H groups in total. The first-order chi connectivity index (χ1) is 10.6. The Morgan fingerprint density at radius 2 is 2.00 bits per heavy atom. The minimum atomic E-state index is -3.61. The number of nitrogens with zero attached hydrogens (tertiary/aromatic N) is 3. The summed E-state index contributed by atoms with van der Waals surface area (Å²) in [4.78, 5) is 10.4. The predicted molar refractivity (Wildman–Crippen MR) is 78.6 cm³/mol. The van der Waals surface area contributed by atoms with E-state index in [-0.39, 0.29) is 16.8 Å². The molecule has 22 heavy (non-hydrogen) atoms. The van der Waals surface area contributed by atoms with Crippen LogP contribution in [0.5, 0.6) is 0 Å². The van der Waals surface area contributed by atoms with Crippen molar-refractivity contribution in [2.45, 2.75) is 24.3 Å². The molecule has 7 nitrogen and oxygen atoms in total. The molecule has 3 rings (SSSR count). The second-order valence-electron chi connectivity index (χ2n) is 4.72. The van der Waals surface area contributed by atoms with E-state index in [0.717, 1.165) is 12.0 Å². The molecule has 0 aliphatic rings. The lowest BCUT2D eigenvalue weighted by atomic mass is 10.1. The van der Waals surface area contributed by atoms with E-state index in [2.05, 4.69) is 27.0 Å². The van der Waals surface area contributed by atoms with Gasteiger partial charge < -0.3 is 9.51 Å². The van der Waals surface area contributed by atoms with Gasteiger partial charge >= 0.3 is 0 Å². The average Bonchev–Trinajstić information content (AvgIpc) is 3.18. The standard InChI is InChI=1S/C14H14N4O3S/c1-2-10-3-5-11(6-4-10)13-17-12(21-18-13)9-22(19,20)14-15-7-8-16-14/h3-8H,2,9H2,1H3,(H,15,16). The van der Waals surface area contributed by atoms with Gasteiger partial charge in [-0.25, -0.2) is 13.4 Å². The van der Waals surface area contributed by atoms with E-state index in [1.807, 2.05) is 24.3 Å². The van der Waals surface area contributed by atoms with Crippen LogP contribution in [0, 0.1) is 0 Å². The van der Waals surface area contributed by atoms with Crippen molar-refractivity contribution >= 4 is 9.84 Å². The lowest BCUT2D eigenvalue weighted by molar-refractivity contribution is 0.389. The number of aromatic nitrogens is 4. The summed E-state index contributed by atoms with van der Waals surface area (Å²) in [5.41, 5.74) is 1.98. The number of H-pyrrole nitrogens is 1. The van der Waals surface area contributed by atoms with Crippen LogP contribution in [0.25, 0.3) is 11.4 Å². The van der Waals surface area contributed by atoms with Gasteiger partial charge in [0.15, 0.2) is 0 Å². The van der Waals surface area contributed by atoms with Gasteiger partial charge in [-0.1, -0.05) is 36.3 Å². The molecule has 0 bridgehead atoms. The maximum Gasteiger partial charge on any atom is 0.242 e. The molecule has 0 amide bonds. The number of nitrogens with one attached hydrogen (secondary N) is 1. The Kier molecular flexibility index (Phi) is 3.76. The van der Waals surface area contributed by atoms with Gasteiger partial charge in [0.2, 0.25) is 26.7 Å². The molecule has 0 aliphatic carbocycles. The Morgan fingerprint density at radius 3 is 2.64 bits per heavy atom. The summed E-state index contributed by atoms with van der Waals surface area (Å²) in [5.74, 6) is 0.0128. The average molecular weight is 318 g/mol. The van der Waals surface area contributed by atoms with E-state index in [1.165, 1.54) is 18.0 Å². The molecule has 2 aromatic heterocycles. The third kappa shape index (κ3) is 2.91. The summed E-state index contributed by atoms with van der Waals surface area (Å²) in [7, 11) is -3.61. The fraction of sp³-hybridized carbons (Fsp3) is 0.214. The van der Waals surface area contributed by atoms with Gasteiger partial charge in [-0.3, -0.25) is 0 Å². The van der Waals surface area contributed by atoms with Gasteiger partial charge in [0.1, 0.15) is 5.75 Å². The van der Waals surface area contributed by atoms with Crippen LogP contribution < -0.4 is 0 Å². The topological polar surface area (TPSA) is 102 Å². The first-order valence-electron chi connectivity index (χ1n) is 6.72. The van der Waals surface area contributed by atoms with Crippen molar-refractivity contribution in [3.05, 3.63) is 48.1 Å². The van der Waals surface area contributed by atoms with Crippen molar-refractivity contribution < 1.29 is 12.9 Å². The Hall–Kier alpha value is -2.48. The Labute approximate surface area is 127 Å². The molecule has 0 spiro atoms. The molecule has 0 atom stereocenters. The van der Waals surface area contributed by atoms with Crippen molar-refractivity contribution in [3.63, 3.8) is 0 Å². The van der Waals surface area contributed by atoms with Crippen LogP contribution in [0.4, 0.5) is 0 Å². The lowest BCUT2D eigenvalue weighted by Gasteiger charge is -1.97. The summed E-state index contributed by atoms with van der Waals surface area (Å²) in [5, 5.41) is 3.71. The Balaban J connectivity index is 1.82. The summed E-state index contributed by atoms with van der Waals surface area (Å²) in [6.45, 7) is 2.07. The van der Waals surface area contributed by atoms with Gasteiger partial charge in [0, 0.05) is 18.0 Å². The molecule has 2 heterocycles. The predicted octanol–water partition coefficient (Wildman–Crippen LogP) is 2.00. The minimum Gasteiger partial charge on any atom is -0.338 e. The summed E-state index contributed by atoms with van der Waals surface area (Å²) in [6, 6.07) is 7.72. The molecule has 8 heteroatoms. The zero-order valence-corrected chi connectivity index (χ0v) is 12.7. The second-order valence-corrected chi connectivity index (χ2v) is 6.62. The molecule has 0 saturated heterocycles. The van der Waals surface area contributed by atoms with Crippen molar-refractivity contribution in [2.24, 2.45) is 0 Å². The first-order valence-corrected chi connectivity index (χ1v) is 8.38. The third-order valence-corrected chi connectivity index (χ3v) is 4.61. The maximum absolute atomic E-state index is 12.1. The highest BCUT2D eigenvalue weighted by Crippen LogP contribution is 2.18. The zero-order chi connectivity index (χ0) is 15.6. The number of hydrogen-bond donors (Lipinski definition) is 1.